The average molecular weight is 1650 g/mol. The zero-order valence-corrected chi connectivity index (χ0v) is 79.4. The largest absolute Gasteiger partial charge is 0.388 e. The van der Waals surface area contributed by atoms with Crippen LogP contribution in [0.5, 0.6) is 0 Å². The van der Waals surface area contributed by atoms with Crippen molar-refractivity contribution in [2.24, 2.45) is 20.0 Å². The highest BCUT2D eigenvalue weighted by atomic mass is 32.1. The number of nitrogens with zero attached hydrogens (tertiary/aromatic N) is 13. The maximum absolute atomic E-state index is 9.44. The van der Waals surface area contributed by atoms with Crippen molar-refractivity contribution < 1.29 is 28.4 Å². The molecule has 0 amide bonds. The third kappa shape index (κ3) is 204. The lowest BCUT2D eigenvalue weighted by Crippen LogP contribution is -2.06. The Labute approximate surface area is 713 Å². The van der Waals surface area contributed by atoms with E-state index in [9.17, 15) is 4.79 Å². The summed E-state index contributed by atoms with van der Waals surface area (Å²) in [4.78, 5) is 40.3. The number of hydroxylamine groups is 1. The fraction of sp³-hybridized carbons (Fsp3) is 0.682. The van der Waals surface area contributed by atoms with Gasteiger partial charge in [0.05, 0.1) is 62.6 Å². The Bertz CT molecular complexity index is 1880. The predicted octanol–water partition coefficient (Wildman–Crippen LogP) is 21.4. The first kappa shape index (κ1) is 143. The van der Waals surface area contributed by atoms with E-state index < -0.39 is 0 Å². The highest BCUT2D eigenvalue weighted by molar-refractivity contribution is 6.98. The minimum absolute atomic E-state index is 0. The number of carbonyl (C=O) groups excluding carboxylic acids is 1. The van der Waals surface area contributed by atoms with Crippen molar-refractivity contribution in [1.82, 2.24) is 81.5 Å². The number of ketones is 1. The number of aliphatic imine (C=N–C) groups is 4. The number of hydrogen-bond donors (Lipinski definition) is 7. The number of methoxy groups -OCH3 is 1. The Hall–Kier alpha value is -7.34. The van der Waals surface area contributed by atoms with Crippen molar-refractivity contribution in [3.8, 4) is 0 Å². The summed E-state index contributed by atoms with van der Waals surface area (Å²) < 4.78 is 25.5. The molecule has 1 saturated carbocycles. The summed E-state index contributed by atoms with van der Waals surface area (Å²) in [5, 5.41) is 31.6. The van der Waals surface area contributed by atoms with Gasteiger partial charge in [0.25, 0.3) is 0 Å². The van der Waals surface area contributed by atoms with E-state index in [-0.39, 0.29) is 13.2 Å². The molecule has 14 heterocycles. The van der Waals surface area contributed by atoms with Crippen molar-refractivity contribution in [3.05, 3.63) is 141 Å². The zero-order valence-electron chi connectivity index (χ0n) is 78.6. The molecule has 678 valence electrons. The van der Waals surface area contributed by atoms with Gasteiger partial charge in [0.15, 0.2) is 12.6 Å². The number of aryl methyl sites for hydroxylation is 1. The van der Waals surface area contributed by atoms with Crippen molar-refractivity contribution in [1.29, 1.82) is 0 Å². The van der Waals surface area contributed by atoms with Gasteiger partial charge in [-0.05, 0) is 136 Å². The molecule has 1 aliphatic carbocycles. The molecule has 0 radical (unpaired) electrons. The van der Waals surface area contributed by atoms with Crippen LogP contribution in [-0.2, 0) is 23.8 Å². The van der Waals surface area contributed by atoms with E-state index in [2.05, 4.69) is 135 Å². The van der Waals surface area contributed by atoms with Gasteiger partial charge >= 0.3 is 0 Å². The monoisotopic (exact) mass is 1650 g/mol. The van der Waals surface area contributed by atoms with E-state index in [1.807, 2.05) is 233 Å². The fourth-order valence-corrected chi connectivity index (χ4v) is 6.19. The van der Waals surface area contributed by atoms with Crippen LogP contribution >= 0.6 is 11.7 Å². The molecule has 7 N–H and O–H groups in total. The number of Topliss-reactive ketones (excluding diaryl/α,β-unsaturated/α-hetero) is 1. The third-order valence-corrected chi connectivity index (χ3v) is 10.7. The Balaban J connectivity index is -0.0000000698. The second kappa shape index (κ2) is 179. The second-order valence-electron chi connectivity index (χ2n) is 18.8. The number of aromatic amines is 1. The lowest BCUT2D eigenvalue weighted by Gasteiger charge is -1.79. The molecule has 5 fully saturated rings. The molecule has 16 rings (SSSR count). The normalized spacial score (nSPS) is 13.4. The number of benzene rings is 1. The SMILES string of the molecule is C.C1=CCNC1.C1=NCCC1.C1=NCCN1.C1=NCNC1.C1=NCON1.C1CCCC1.C1CCNC1.C1CCNC1.C1CCOC1.CC.CC.CC.CC.CC.CC.CC.CC.CC.CC.CC.CC.CC(C)=O.CC1CO1.COC.Cc1nn[nH]n1.c1ccccc1.c1ccncc1.c1cncnc1.c1cnoc1.c1cnsn1. The minimum Gasteiger partial charge on any atom is -0.388 e. The van der Waals surface area contributed by atoms with Gasteiger partial charge in [-0.2, -0.15) is 14.0 Å². The fourth-order valence-electron chi connectivity index (χ4n) is 5.92. The van der Waals surface area contributed by atoms with E-state index in [1.165, 1.54) is 154 Å². The molecule has 1 aromatic carbocycles. The van der Waals surface area contributed by atoms with Gasteiger partial charge in [-0.25, -0.2) is 15.0 Å². The average Bonchev–Trinajstić information content (AvgIpc) is 1.86. The summed E-state index contributed by atoms with van der Waals surface area (Å²) in [6, 6.07) is 21.2. The minimum atomic E-state index is 0. The molecule has 4 saturated heterocycles. The molecular formula is C88H184N20O6S. The molecule has 5 aromatic heterocycles. The van der Waals surface area contributed by atoms with Gasteiger partial charge in [0, 0.05) is 91.2 Å². The van der Waals surface area contributed by atoms with E-state index >= 15 is 0 Å². The first-order valence-electron chi connectivity index (χ1n) is 42.8. The standard InChI is InChI=1S/C6H6.C5H5N.C5H10.C4H4N2.2C4H9N.2C4H7N.C4H8O.2C3H6N2.C3H3NO.2C3H6O.C2H4N4.C2H4N2O.C2H2N2S.C2H6O.12C2H6.CH4/c2*1-2-4-6-5-3-1;1-2-4-5-3-1;1-2-5-4-6-3-1;5*1-2-4-5-3-1;2*1-2-5-3-4-1;1-2-4-5-3-1;1-3-2-4-3;1-3(2)4;1-2-3-5-6-4-2;1-3-2-5-4-1;1-2-4-5-3-1;1-3-2;12*1-2;/h1-6H;1-5H;1-5H2;1-4H;2*5H,1-4H2;3H,1-2,4H2;1-2,5H,3-4H2;1-4H2;3H,1-2H2,(H,4,5);1,5H,2-3H2;1-3H;3H,2H2,1H3;1-2H3;1H3,(H,3,4,5,6);1H,2H2,(H,3,4);1-2H;1-2H3;12*1-2H3;1H4. The lowest BCUT2D eigenvalue weighted by molar-refractivity contribution is -0.115. The van der Waals surface area contributed by atoms with Crippen LogP contribution in [0.15, 0.2) is 159 Å². The van der Waals surface area contributed by atoms with E-state index in [0.29, 0.717) is 18.7 Å². The number of rotatable bonds is 0. The molecule has 0 bridgehead atoms. The number of aromatic nitrogens is 10. The van der Waals surface area contributed by atoms with E-state index in [4.69, 9.17) is 9.47 Å². The number of carbonyl (C=O) groups is 1. The van der Waals surface area contributed by atoms with Crippen LogP contribution < -0.4 is 32.1 Å². The molecule has 6 aromatic rings. The molecule has 26 nitrogen and oxygen atoms in total. The smallest absolute Gasteiger partial charge is 0.171 e. The number of nitrogens with one attached hydrogen (secondary N) is 7. The molecule has 10 aliphatic rings. The summed E-state index contributed by atoms with van der Waals surface area (Å²) in [7, 11) is 3.25. The number of hydrogen-bond acceptors (Lipinski definition) is 26. The first-order chi connectivity index (χ1) is 56.4. The summed E-state index contributed by atoms with van der Waals surface area (Å²) in [5.74, 6) is 0.843. The van der Waals surface area contributed by atoms with Gasteiger partial charge < -0.3 is 44.8 Å². The number of ether oxygens (including phenoxy) is 3. The summed E-state index contributed by atoms with van der Waals surface area (Å²) in [6.07, 6.45) is 44.8. The van der Waals surface area contributed by atoms with E-state index in [1.54, 1.807) is 83.0 Å². The molecule has 1 atom stereocenters. The van der Waals surface area contributed by atoms with Crippen molar-refractivity contribution in [2.75, 3.05) is 113 Å². The predicted molar refractivity (Wildman–Crippen MR) is 508 cm³/mol. The van der Waals surface area contributed by atoms with E-state index in [0.717, 1.165) is 65.8 Å². The van der Waals surface area contributed by atoms with Gasteiger partial charge in [-0.15, -0.1) is 10.2 Å². The molecular weight excluding hydrogens is 1470 g/mol. The summed E-state index contributed by atoms with van der Waals surface area (Å²) in [5.41, 5.74) is 2.43. The quantitative estimate of drug-likeness (QED) is 0.0549. The highest BCUT2D eigenvalue weighted by Crippen LogP contribution is 2.15. The zero-order chi connectivity index (χ0) is 89.3. The van der Waals surface area contributed by atoms with Crippen LogP contribution in [0.25, 0.3) is 0 Å². The van der Waals surface area contributed by atoms with Crippen LogP contribution in [0.1, 0.15) is 284 Å². The van der Waals surface area contributed by atoms with Crippen molar-refractivity contribution in [2.45, 2.75) is 291 Å². The molecule has 0 spiro atoms. The highest BCUT2D eigenvalue weighted by Gasteiger charge is 2.13. The number of epoxide rings is 1. The number of H-pyrrole nitrogens is 1. The van der Waals surface area contributed by atoms with Crippen LogP contribution in [0.2, 0.25) is 0 Å². The second-order valence-corrected chi connectivity index (χ2v) is 19.4. The van der Waals surface area contributed by atoms with Crippen LogP contribution in [0.4, 0.5) is 0 Å². The van der Waals surface area contributed by atoms with Crippen LogP contribution in [-0.4, -0.2) is 199 Å². The summed E-state index contributed by atoms with van der Waals surface area (Å²) >= 11 is 1.21. The Morgan fingerprint density at radius 1 is 0.478 bits per heavy atom. The van der Waals surface area contributed by atoms with Crippen LogP contribution in [0, 0.1) is 6.92 Å². The Morgan fingerprint density at radius 3 is 1.04 bits per heavy atom. The molecule has 9 aliphatic heterocycles. The maximum Gasteiger partial charge on any atom is 0.171 e. The summed E-state index contributed by atoms with van der Waals surface area (Å²) in [6.45, 7) is 70.3. The lowest BCUT2D eigenvalue weighted by atomic mass is 10.4. The van der Waals surface area contributed by atoms with Gasteiger partial charge in [0.2, 0.25) is 0 Å². The molecule has 27 heteroatoms. The number of tetrazole rings is 1. The van der Waals surface area contributed by atoms with Gasteiger partial charge in [-0.3, -0.25) is 35.6 Å². The molecule has 115 heavy (non-hydrogen) atoms. The Kier molecular flexibility index (Phi) is 222. The topological polar surface area (TPSA) is 324 Å². The first-order valence-corrected chi connectivity index (χ1v) is 43.6. The Morgan fingerprint density at radius 2 is 0.922 bits per heavy atom. The van der Waals surface area contributed by atoms with Crippen LogP contribution in [0.3, 0.4) is 0 Å². The van der Waals surface area contributed by atoms with Crippen molar-refractivity contribution in [3.63, 3.8) is 0 Å². The van der Waals surface area contributed by atoms with Crippen molar-refractivity contribution >= 4 is 42.6 Å². The van der Waals surface area contributed by atoms with Gasteiger partial charge in [0.1, 0.15) is 24.7 Å². The number of pyridine rings is 1. The molecule has 1 unspecified atom stereocenters. The maximum atomic E-state index is 9.44. The van der Waals surface area contributed by atoms with Gasteiger partial charge in [-0.1, -0.05) is 271 Å². The third-order valence-electron chi connectivity index (χ3n) is 10.2.